The third kappa shape index (κ3) is 4.81. The summed E-state index contributed by atoms with van der Waals surface area (Å²) in [4.78, 5) is 0. The summed E-state index contributed by atoms with van der Waals surface area (Å²) < 4.78 is 69.2. The molecular formula is C27H30F4O2. The van der Waals surface area contributed by atoms with Gasteiger partial charge in [0.05, 0.1) is 19.8 Å². The fourth-order valence-corrected chi connectivity index (χ4v) is 5.19. The van der Waals surface area contributed by atoms with Gasteiger partial charge in [0.1, 0.15) is 0 Å². The molecule has 1 aliphatic heterocycles. The average molecular weight is 463 g/mol. The highest BCUT2D eigenvalue weighted by molar-refractivity contribution is 5.66. The Morgan fingerprint density at radius 3 is 2.09 bits per heavy atom. The van der Waals surface area contributed by atoms with Crippen LogP contribution in [0.4, 0.5) is 17.6 Å². The lowest BCUT2D eigenvalue weighted by atomic mass is 9.75. The molecule has 1 unspecified atom stereocenters. The van der Waals surface area contributed by atoms with E-state index in [0.29, 0.717) is 24.2 Å². The summed E-state index contributed by atoms with van der Waals surface area (Å²) in [6, 6.07) is 5.26. The maximum absolute atomic E-state index is 15.0. The van der Waals surface area contributed by atoms with Crippen LogP contribution in [0.3, 0.4) is 0 Å². The summed E-state index contributed by atoms with van der Waals surface area (Å²) in [6.45, 7) is 2.83. The maximum Gasteiger partial charge on any atom is 0.201 e. The Bertz CT molecular complexity index is 1030. The molecule has 0 bridgehead atoms. The van der Waals surface area contributed by atoms with Gasteiger partial charge < -0.3 is 9.47 Å². The molecule has 0 N–H and O–H groups in total. The first-order valence-electron chi connectivity index (χ1n) is 11.7. The van der Waals surface area contributed by atoms with E-state index in [4.69, 9.17) is 9.47 Å². The number of hydrogen-bond acceptors (Lipinski definition) is 2. The van der Waals surface area contributed by atoms with Gasteiger partial charge in [-0.15, -0.1) is 0 Å². The summed E-state index contributed by atoms with van der Waals surface area (Å²) in [5.74, 6) is -4.57. The summed E-state index contributed by atoms with van der Waals surface area (Å²) in [7, 11) is 1.21. The van der Waals surface area contributed by atoms with Gasteiger partial charge in [-0.05, 0) is 73.6 Å². The number of methoxy groups -OCH3 is 1. The minimum Gasteiger partial charge on any atom is -0.494 e. The zero-order chi connectivity index (χ0) is 23.5. The summed E-state index contributed by atoms with van der Waals surface area (Å²) in [5.41, 5.74) is 1.02. The van der Waals surface area contributed by atoms with Crippen LogP contribution in [0.25, 0.3) is 11.1 Å². The fraction of sp³-hybridized carbons (Fsp3) is 0.481. The molecule has 1 saturated carbocycles. The lowest BCUT2D eigenvalue weighted by Crippen LogP contribution is -2.24. The third-order valence-electron chi connectivity index (χ3n) is 7.10. The highest BCUT2D eigenvalue weighted by Crippen LogP contribution is 2.42. The fourth-order valence-electron chi connectivity index (χ4n) is 5.19. The van der Waals surface area contributed by atoms with Crippen molar-refractivity contribution in [2.45, 2.75) is 63.9 Å². The van der Waals surface area contributed by atoms with Gasteiger partial charge in [0, 0.05) is 11.1 Å². The van der Waals surface area contributed by atoms with Crippen LogP contribution in [0.1, 0.15) is 63.4 Å². The molecule has 0 radical (unpaired) electrons. The zero-order valence-electron chi connectivity index (χ0n) is 19.1. The molecule has 4 rings (SSSR count). The monoisotopic (exact) mass is 462 g/mol. The maximum atomic E-state index is 15.0. The molecule has 0 aromatic heterocycles. The number of benzene rings is 2. The minimum atomic E-state index is -1.26. The van der Waals surface area contributed by atoms with Crippen LogP contribution in [0.15, 0.2) is 35.9 Å². The van der Waals surface area contributed by atoms with E-state index in [9.17, 15) is 13.2 Å². The number of hydrogen-bond donors (Lipinski definition) is 0. The summed E-state index contributed by atoms with van der Waals surface area (Å²) >= 11 is 0. The van der Waals surface area contributed by atoms with Crippen molar-refractivity contribution >= 4 is 0 Å². The Balaban J connectivity index is 1.47. The van der Waals surface area contributed by atoms with Crippen molar-refractivity contribution in [3.05, 3.63) is 64.7 Å². The van der Waals surface area contributed by atoms with Crippen molar-refractivity contribution in [1.82, 2.24) is 0 Å². The normalized spacial score (nSPS) is 23.3. The van der Waals surface area contributed by atoms with Crippen LogP contribution < -0.4 is 4.74 Å². The van der Waals surface area contributed by atoms with Gasteiger partial charge >= 0.3 is 0 Å². The Hall–Kier alpha value is -2.34. The van der Waals surface area contributed by atoms with Crippen molar-refractivity contribution in [3.63, 3.8) is 0 Å². The van der Waals surface area contributed by atoms with Gasteiger partial charge in [-0.25, -0.2) is 13.2 Å². The number of ether oxygens (including phenoxy) is 2. The molecule has 2 aliphatic rings. The molecule has 0 saturated heterocycles. The lowest BCUT2D eigenvalue weighted by molar-refractivity contribution is 0.0486. The standard InChI is InChI=1S/C27H30F4O2/c1-3-4-19-10-9-18(15-33-19)16-5-7-17(8-6-16)20-11-12-21(25(29)24(20)28)22-13-14-23(32-2)27(31)26(22)30/h9,11-14,16-17,19H,3-8,10,15H2,1-2H3. The smallest absolute Gasteiger partial charge is 0.201 e. The molecule has 2 aromatic carbocycles. The SMILES string of the molecule is CCCC1CC=C(C2CCC(c3ccc(-c4ccc(OC)c(F)c4F)c(F)c3F)CC2)CO1. The van der Waals surface area contributed by atoms with E-state index in [0.717, 1.165) is 44.9 Å². The molecule has 1 aliphatic carbocycles. The Morgan fingerprint density at radius 1 is 0.848 bits per heavy atom. The van der Waals surface area contributed by atoms with Crippen molar-refractivity contribution in [2.24, 2.45) is 5.92 Å². The second kappa shape index (κ2) is 10.3. The van der Waals surface area contributed by atoms with E-state index in [1.807, 2.05) is 0 Å². The largest absolute Gasteiger partial charge is 0.494 e. The van der Waals surface area contributed by atoms with Crippen molar-refractivity contribution < 1.29 is 27.0 Å². The highest BCUT2D eigenvalue weighted by Gasteiger charge is 2.30. The van der Waals surface area contributed by atoms with Crippen LogP contribution >= 0.6 is 0 Å². The van der Waals surface area contributed by atoms with Gasteiger partial charge in [-0.1, -0.05) is 31.6 Å². The predicted octanol–water partition coefficient (Wildman–Crippen LogP) is 7.71. The predicted molar refractivity (Wildman–Crippen MR) is 120 cm³/mol. The van der Waals surface area contributed by atoms with Crippen LogP contribution in [0.5, 0.6) is 5.75 Å². The van der Waals surface area contributed by atoms with Crippen LogP contribution in [-0.2, 0) is 4.74 Å². The van der Waals surface area contributed by atoms with Gasteiger partial charge in [-0.3, -0.25) is 0 Å². The van der Waals surface area contributed by atoms with Gasteiger partial charge in [0.25, 0.3) is 0 Å². The third-order valence-corrected chi connectivity index (χ3v) is 7.10. The number of rotatable bonds is 6. The van der Waals surface area contributed by atoms with Crippen molar-refractivity contribution in [1.29, 1.82) is 0 Å². The van der Waals surface area contributed by atoms with E-state index in [2.05, 4.69) is 13.0 Å². The van der Waals surface area contributed by atoms with Gasteiger partial charge in [0.15, 0.2) is 23.2 Å². The Morgan fingerprint density at radius 2 is 1.48 bits per heavy atom. The average Bonchev–Trinajstić information content (AvgIpc) is 2.84. The molecule has 0 spiro atoms. The van der Waals surface area contributed by atoms with E-state index in [1.165, 1.54) is 36.9 Å². The van der Waals surface area contributed by atoms with Gasteiger partial charge in [-0.2, -0.15) is 4.39 Å². The van der Waals surface area contributed by atoms with E-state index < -0.39 is 23.3 Å². The number of halogens is 4. The Labute approximate surface area is 192 Å². The molecule has 178 valence electrons. The molecular weight excluding hydrogens is 432 g/mol. The molecule has 1 atom stereocenters. The molecule has 6 heteroatoms. The van der Waals surface area contributed by atoms with Crippen LogP contribution in [0, 0.1) is 29.2 Å². The first-order valence-corrected chi connectivity index (χ1v) is 11.7. The second-order valence-electron chi connectivity index (χ2n) is 9.06. The van der Waals surface area contributed by atoms with E-state index >= 15 is 4.39 Å². The summed E-state index contributed by atoms with van der Waals surface area (Å²) in [5, 5.41) is 0. The highest BCUT2D eigenvalue weighted by atomic mass is 19.2. The zero-order valence-corrected chi connectivity index (χ0v) is 19.1. The molecule has 2 aromatic rings. The van der Waals surface area contributed by atoms with E-state index in [-0.39, 0.29) is 22.8 Å². The van der Waals surface area contributed by atoms with Crippen LogP contribution in [-0.4, -0.2) is 19.8 Å². The second-order valence-corrected chi connectivity index (χ2v) is 9.06. The first kappa shape index (κ1) is 23.8. The summed E-state index contributed by atoms with van der Waals surface area (Å²) in [6.07, 6.45) is 9.07. The first-order chi connectivity index (χ1) is 15.9. The molecule has 1 fully saturated rings. The quantitative estimate of drug-likeness (QED) is 0.323. The lowest BCUT2D eigenvalue weighted by Gasteiger charge is -2.33. The van der Waals surface area contributed by atoms with Gasteiger partial charge in [0.2, 0.25) is 5.82 Å². The van der Waals surface area contributed by atoms with Crippen molar-refractivity contribution in [3.8, 4) is 16.9 Å². The Kier molecular flexibility index (Phi) is 7.42. The molecule has 0 amide bonds. The minimum absolute atomic E-state index is 0.0970. The van der Waals surface area contributed by atoms with E-state index in [1.54, 1.807) is 0 Å². The topological polar surface area (TPSA) is 18.5 Å². The molecule has 2 nitrogen and oxygen atoms in total. The molecule has 33 heavy (non-hydrogen) atoms. The van der Waals surface area contributed by atoms with Crippen molar-refractivity contribution in [2.75, 3.05) is 13.7 Å². The van der Waals surface area contributed by atoms with Crippen LogP contribution in [0.2, 0.25) is 0 Å². The molecule has 1 heterocycles.